The fourth-order valence-electron chi connectivity index (χ4n) is 2.64. The Morgan fingerprint density at radius 3 is 2.81 bits per heavy atom. The number of nitrogens with zero attached hydrogens (tertiary/aromatic N) is 2. The highest BCUT2D eigenvalue weighted by Crippen LogP contribution is 2.31. The van der Waals surface area contributed by atoms with E-state index in [2.05, 4.69) is 21.7 Å². The van der Waals surface area contributed by atoms with Gasteiger partial charge in [-0.1, -0.05) is 11.3 Å². The highest BCUT2D eigenvalue weighted by molar-refractivity contribution is 7.22. The maximum Gasteiger partial charge on any atom is 0.231 e. The van der Waals surface area contributed by atoms with E-state index in [0.29, 0.717) is 22.6 Å². The summed E-state index contributed by atoms with van der Waals surface area (Å²) in [6.45, 7) is 1.79. The number of fused-ring (bicyclic) bond motifs is 1. The molecule has 0 fully saturated rings. The summed E-state index contributed by atoms with van der Waals surface area (Å²) in [6.07, 6.45) is 0. The molecule has 1 atom stereocenters. The number of carbonyl (C=O) groups is 1. The molecule has 0 aliphatic heterocycles. The predicted octanol–water partition coefficient (Wildman–Crippen LogP) is 3.96. The Morgan fingerprint density at radius 2 is 2.12 bits per heavy atom. The van der Waals surface area contributed by atoms with Gasteiger partial charge in [0.05, 0.1) is 34.9 Å². The molecular formula is C19H18N4O2S. The Hall–Kier alpha value is -3.11. The number of nitrogens with one attached hydrogen (secondary N) is 2. The van der Waals surface area contributed by atoms with E-state index < -0.39 is 5.92 Å². The number of thiazole rings is 1. The third-order valence-corrected chi connectivity index (χ3v) is 5.12. The van der Waals surface area contributed by atoms with Crippen LogP contribution in [0.5, 0.6) is 5.75 Å². The van der Waals surface area contributed by atoms with Crippen molar-refractivity contribution < 1.29 is 9.53 Å². The second-order valence-electron chi connectivity index (χ2n) is 5.73. The number of aromatic nitrogens is 1. The van der Waals surface area contributed by atoms with Crippen molar-refractivity contribution in [3.63, 3.8) is 0 Å². The zero-order valence-electron chi connectivity index (χ0n) is 14.7. The molecule has 0 spiro atoms. The summed E-state index contributed by atoms with van der Waals surface area (Å²) in [4.78, 5) is 17.1. The van der Waals surface area contributed by atoms with Gasteiger partial charge in [-0.05, 0) is 43.3 Å². The number of rotatable bonds is 5. The Balaban J connectivity index is 1.84. The summed E-state index contributed by atoms with van der Waals surface area (Å²) in [6, 6.07) is 12.8. The van der Waals surface area contributed by atoms with Crippen LogP contribution in [0.3, 0.4) is 0 Å². The summed E-state index contributed by atoms with van der Waals surface area (Å²) in [7, 11) is 3.37. The first kappa shape index (κ1) is 17.7. The lowest BCUT2D eigenvalue weighted by molar-refractivity contribution is -0.117. The normalized spacial score (nSPS) is 11.6. The first-order valence-electron chi connectivity index (χ1n) is 8.03. The zero-order chi connectivity index (χ0) is 18.7. The van der Waals surface area contributed by atoms with Gasteiger partial charge in [0.2, 0.25) is 5.91 Å². The highest BCUT2D eigenvalue weighted by Gasteiger charge is 2.20. The van der Waals surface area contributed by atoms with Gasteiger partial charge >= 0.3 is 0 Å². The summed E-state index contributed by atoms with van der Waals surface area (Å²) >= 11 is 1.52. The molecule has 2 N–H and O–H groups in total. The number of anilines is 2. The van der Waals surface area contributed by atoms with Crippen molar-refractivity contribution in [2.75, 3.05) is 24.8 Å². The van der Waals surface area contributed by atoms with E-state index in [1.54, 1.807) is 32.2 Å². The number of nitriles is 1. The van der Waals surface area contributed by atoms with Crippen LogP contribution in [-0.2, 0) is 4.79 Å². The van der Waals surface area contributed by atoms with Crippen LogP contribution in [-0.4, -0.2) is 25.0 Å². The molecule has 0 bridgehead atoms. The molecule has 1 aromatic heterocycles. The van der Waals surface area contributed by atoms with Crippen LogP contribution < -0.4 is 15.4 Å². The predicted molar refractivity (Wildman–Crippen MR) is 104 cm³/mol. The van der Waals surface area contributed by atoms with Crippen LogP contribution >= 0.6 is 11.3 Å². The molecule has 3 rings (SSSR count). The first-order valence-corrected chi connectivity index (χ1v) is 8.84. The molecule has 1 amide bonds. The summed E-state index contributed by atoms with van der Waals surface area (Å²) in [5.41, 5.74) is 2.76. The van der Waals surface area contributed by atoms with Crippen molar-refractivity contribution >= 4 is 38.3 Å². The van der Waals surface area contributed by atoms with Crippen LogP contribution in [0.15, 0.2) is 36.4 Å². The van der Waals surface area contributed by atoms with E-state index in [-0.39, 0.29) is 5.91 Å². The van der Waals surface area contributed by atoms with Crippen molar-refractivity contribution in [1.82, 2.24) is 4.98 Å². The minimum absolute atomic E-state index is 0.170. The molecule has 7 heteroatoms. The molecular weight excluding hydrogens is 348 g/mol. The standard InChI is InChI=1S/C19H18N4O2S/c1-11(14-8-12(10-20)4-7-16(14)25-3)18(24)22-13-5-6-15-17(9-13)26-19(21-2)23-15/h4-9,11H,1-3H3,(H,21,23)(H,22,24). The van der Waals surface area contributed by atoms with Gasteiger partial charge in [-0.2, -0.15) is 5.26 Å². The zero-order valence-corrected chi connectivity index (χ0v) is 15.5. The van der Waals surface area contributed by atoms with E-state index in [1.165, 1.54) is 11.3 Å². The molecule has 3 aromatic rings. The number of hydrogen-bond acceptors (Lipinski definition) is 6. The number of carbonyl (C=O) groups excluding carboxylic acids is 1. The topological polar surface area (TPSA) is 87.0 Å². The van der Waals surface area contributed by atoms with Gasteiger partial charge in [0.15, 0.2) is 5.13 Å². The minimum atomic E-state index is -0.469. The smallest absolute Gasteiger partial charge is 0.231 e. The summed E-state index contributed by atoms with van der Waals surface area (Å²) in [5.74, 6) is -0.0532. The maximum absolute atomic E-state index is 12.7. The van der Waals surface area contributed by atoms with Crippen molar-refractivity contribution in [1.29, 1.82) is 5.26 Å². The molecule has 26 heavy (non-hydrogen) atoms. The van der Waals surface area contributed by atoms with Crippen molar-refractivity contribution in [2.45, 2.75) is 12.8 Å². The van der Waals surface area contributed by atoms with E-state index in [1.807, 2.05) is 25.2 Å². The van der Waals surface area contributed by atoms with Crippen LogP contribution in [0.1, 0.15) is 24.0 Å². The quantitative estimate of drug-likeness (QED) is 0.714. The molecule has 0 aliphatic rings. The van der Waals surface area contributed by atoms with E-state index in [4.69, 9.17) is 10.00 Å². The number of ether oxygens (including phenoxy) is 1. The third kappa shape index (κ3) is 3.46. The molecule has 0 saturated carbocycles. The molecule has 132 valence electrons. The first-order chi connectivity index (χ1) is 12.5. The third-order valence-electron chi connectivity index (χ3n) is 4.09. The monoisotopic (exact) mass is 366 g/mol. The van der Waals surface area contributed by atoms with E-state index in [0.717, 1.165) is 15.3 Å². The van der Waals surface area contributed by atoms with Crippen LogP contribution in [0.2, 0.25) is 0 Å². The van der Waals surface area contributed by atoms with Crippen LogP contribution in [0, 0.1) is 11.3 Å². The molecule has 0 radical (unpaired) electrons. The van der Waals surface area contributed by atoms with Crippen LogP contribution in [0.4, 0.5) is 10.8 Å². The van der Waals surface area contributed by atoms with Gasteiger partial charge in [-0.25, -0.2) is 4.98 Å². The van der Waals surface area contributed by atoms with Crippen molar-refractivity contribution in [3.05, 3.63) is 47.5 Å². The van der Waals surface area contributed by atoms with Gasteiger partial charge in [0.25, 0.3) is 0 Å². The molecule has 2 aromatic carbocycles. The highest BCUT2D eigenvalue weighted by atomic mass is 32.1. The Kier molecular flexibility index (Phi) is 5.05. The van der Waals surface area contributed by atoms with Gasteiger partial charge in [-0.15, -0.1) is 0 Å². The van der Waals surface area contributed by atoms with E-state index >= 15 is 0 Å². The number of methoxy groups -OCH3 is 1. The second kappa shape index (κ2) is 7.42. The van der Waals surface area contributed by atoms with Gasteiger partial charge in [-0.3, -0.25) is 4.79 Å². The fraction of sp³-hybridized carbons (Fsp3) is 0.211. The van der Waals surface area contributed by atoms with Crippen LogP contribution in [0.25, 0.3) is 10.2 Å². The number of hydrogen-bond donors (Lipinski definition) is 2. The SMILES string of the molecule is CNc1nc2ccc(NC(=O)C(C)c3cc(C#N)ccc3OC)cc2s1. The largest absolute Gasteiger partial charge is 0.496 e. The average Bonchev–Trinajstić information content (AvgIpc) is 3.09. The lowest BCUT2D eigenvalue weighted by atomic mass is 9.97. The molecule has 0 saturated heterocycles. The fourth-order valence-corrected chi connectivity index (χ4v) is 3.50. The molecule has 0 aliphatic carbocycles. The Labute approximate surface area is 155 Å². The van der Waals surface area contributed by atoms with Crippen molar-refractivity contribution in [3.8, 4) is 11.8 Å². The molecule has 1 heterocycles. The Morgan fingerprint density at radius 1 is 1.31 bits per heavy atom. The minimum Gasteiger partial charge on any atom is -0.496 e. The summed E-state index contributed by atoms with van der Waals surface area (Å²) < 4.78 is 6.33. The van der Waals surface area contributed by atoms with Gasteiger partial charge < -0.3 is 15.4 Å². The van der Waals surface area contributed by atoms with Gasteiger partial charge in [0, 0.05) is 18.3 Å². The van der Waals surface area contributed by atoms with Gasteiger partial charge in [0.1, 0.15) is 5.75 Å². The Bertz CT molecular complexity index is 1010. The number of benzene rings is 2. The average molecular weight is 366 g/mol. The number of amides is 1. The second-order valence-corrected chi connectivity index (χ2v) is 6.76. The lowest BCUT2D eigenvalue weighted by Gasteiger charge is -2.16. The van der Waals surface area contributed by atoms with Crippen molar-refractivity contribution in [2.24, 2.45) is 0 Å². The molecule has 6 nitrogen and oxygen atoms in total. The summed E-state index contributed by atoms with van der Waals surface area (Å²) in [5, 5.41) is 15.9. The molecule has 1 unspecified atom stereocenters. The van der Waals surface area contributed by atoms with E-state index in [9.17, 15) is 4.79 Å². The maximum atomic E-state index is 12.7. The lowest BCUT2D eigenvalue weighted by Crippen LogP contribution is -2.19.